The van der Waals surface area contributed by atoms with Gasteiger partial charge >= 0.3 is 0 Å². The molecule has 1 heterocycles. The fourth-order valence-corrected chi connectivity index (χ4v) is 4.16. The Balaban J connectivity index is 1.62. The van der Waals surface area contributed by atoms with Gasteiger partial charge in [-0.2, -0.15) is 0 Å². The summed E-state index contributed by atoms with van der Waals surface area (Å²) in [6.07, 6.45) is 0.859. The predicted molar refractivity (Wildman–Crippen MR) is 113 cm³/mol. The Bertz CT molecular complexity index is 1030. The first kappa shape index (κ1) is 23.1. The van der Waals surface area contributed by atoms with Gasteiger partial charge in [0.1, 0.15) is 18.2 Å². The van der Waals surface area contributed by atoms with Crippen LogP contribution in [0.4, 0.5) is 14.5 Å². The second-order valence-corrected chi connectivity index (χ2v) is 9.26. The number of ether oxygens (including phenoxy) is 1. The summed E-state index contributed by atoms with van der Waals surface area (Å²) in [5, 5.41) is 2.66. The number of carbonyl (C=O) groups is 1. The third kappa shape index (κ3) is 6.71. The Morgan fingerprint density at radius 3 is 2.52 bits per heavy atom. The number of anilines is 1. The Labute approximate surface area is 180 Å². The van der Waals surface area contributed by atoms with E-state index in [1.807, 2.05) is 24.3 Å². The third-order valence-electron chi connectivity index (χ3n) is 4.86. The minimum absolute atomic E-state index is 0.194. The number of nitrogens with zero attached hydrogens (tertiary/aromatic N) is 2. The summed E-state index contributed by atoms with van der Waals surface area (Å²) in [6, 6.07) is 10.2. The zero-order chi connectivity index (χ0) is 22.4. The van der Waals surface area contributed by atoms with Crippen LogP contribution < -0.4 is 9.62 Å². The summed E-state index contributed by atoms with van der Waals surface area (Å²) < 4.78 is 57.4. The molecule has 0 bridgehead atoms. The van der Waals surface area contributed by atoms with Crippen LogP contribution in [0.25, 0.3) is 0 Å². The largest absolute Gasteiger partial charge is 0.379 e. The molecule has 1 amide bonds. The van der Waals surface area contributed by atoms with Crippen LogP contribution in [0.5, 0.6) is 0 Å². The summed E-state index contributed by atoms with van der Waals surface area (Å²) in [5.74, 6) is -2.50. The van der Waals surface area contributed by atoms with E-state index in [-0.39, 0.29) is 12.2 Å². The minimum Gasteiger partial charge on any atom is -0.379 e. The summed E-state index contributed by atoms with van der Waals surface area (Å²) in [7, 11) is -3.96. The molecule has 2 aromatic carbocycles. The van der Waals surface area contributed by atoms with Crippen LogP contribution in [0.1, 0.15) is 11.1 Å². The van der Waals surface area contributed by atoms with Gasteiger partial charge in [0.15, 0.2) is 0 Å². The van der Waals surface area contributed by atoms with E-state index >= 15 is 0 Å². The van der Waals surface area contributed by atoms with Crippen molar-refractivity contribution in [3.63, 3.8) is 0 Å². The second kappa shape index (κ2) is 10.2. The van der Waals surface area contributed by atoms with Gasteiger partial charge < -0.3 is 10.1 Å². The molecular weight excluding hydrogens is 428 g/mol. The SMILES string of the molecule is CS(=O)(=O)N(CC(=O)NCc1cccc(CN2CCOCC2)c1)c1ccc(F)cc1F. The van der Waals surface area contributed by atoms with Crippen molar-refractivity contribution in [2.75, 3.05) is 43.4 Å². The lowest BCUT2D eigenvalue weighted by molar-refractivity contribution is -0.119. The number of hydrogen-bond donors (Lipinski definition) is 1. The van der Waals surface area contributed by atoms with Crippen LogP contribution in [-0.2, 0) is 32.6 Å². The van der Waals surface area contributed by atoms with Gasteiger partial charge in [0.2, 0.25) is 15.9 Å². The second-order valence-electron chi connectivity index (χ2n) is 7.35. The van der Waals surface area contributed by atoms with Crippen LogP contribution >= 0.6 is 0 Å². The van der Waals surface area contributed by atoms with Gasteiger partial charge in [-0.05, 0) is 23.3 Å². The number of carbonyl (C=O) groups excluding carboxylic acids is 1. The Hall–Kier alpha value is -2.56. The van der Waals surface area contributed by atoms with Gasteiger partial charge in [0, 0.05) is 32.2 Å². The molecule has 0 saturated carbocycles. The van der Waals surface area contributed by atoms with E-state index < -0.39 is 34.1 Å². The van der Waals surface area contributed by atoms with Crippen molar-refractivity contribution in [1.29, 1.82) is 0 Å². The first-order chi connectivity index (χ1) is 14.7. The molecule has 2 aromatic rings. The maximum Gasteiger partial charge on any atom is 0.241 e. The highest BCUT2D eigenvalue weighted by atomic mass is 32.2. The van der Waals surface area contributed by atoms with E-state index in [0.717, 1.165) is 49.1 Å². The maximum absolute atomic E-state index is 14.1. The molecule has 31 heavy (non-hydrogen) atoms. The number of sulfonamides is 1. The van der Waals surface area contributed by atoms with E-state index in [4.69, 9.17) is 4.74 Å². The van der Waals surface area contributed by atoms with Gasteiger partial charge in [-0.25, -0.2) is 17.2 Å². The van der Waals surface area contributed by atoms with E-state index in [1.54, 1.807) is 0 Å². The molecule has 1 N–H and O–H groups in total. The van der Waals surface area contributed by atoms with E-state index in [2.05, 4.69) is 10.2 Å². The monoisotopic (exact) mass is 453 g/mol. The lowest BCUT2D eigenvalue weighted by Gasteiger charge is -2.26. The summed E-state index contributed by atoms with van der Waals surface area (Å²) in [4.78, 5) is 14.7. The van der Waals surface area contributed by atoms with Crippen molar-refractivity contribution in [3.05, 3.63) is 65.2 Å². The smallest absolute Gasteiger partial charge is 0.241 e. The molecule has 1 aliphatic rings. The quantitative estimate of drug-likeness (QED) is 0.660. The van der Waals surface area contributed by atoms with Crippen molar-refractivity contribution >= 4 is 21.6 Å². The number of benzene rings is 2. The molecule has 3 rings (SSSR count). The van der Waals surface area contributed by atoms with Crippen molar-refractivity contribution in [3.8, 4) is 0 Å². The number of morpholine rings is 1. The molecule has 0 spiro atoms. The highest BCUT2D eigenvalue weighted by molar-refractivity contribution is 7.92. The zero-order valence-electron chi connectivity index (χ0n) is 17.2. The van der Waals surface area contributed by atoms with Crippen LogP contribution in [-0.4, -0.2) is 58.3 Å². The lowest BCUT2D eigenvalue weighted by atomic mass is 10.1. The minimum atomic E-state index is -3.96. The molecule has 0 unspecified atom stereocenters. The average Bonchev–Trinajstić information content (AvgIpc) is 2.71. The maximum atomic E-state index is 14.1. The molecule has 0 aromatic heterocycles. The predicted octanol–water partition coefficient (Wildman–Crippen LogP) is 1.88. The Morgan fingerprint density at radius 1 is 1.13 bits per heavy atom. The fraction of sp³-hybridized carbons (Fsp3) is 0.381. The van der Waals surface area contributed by atoms with Crippen molar-refractivity contribution in [2.45, 2.75) is 13.1 Å². The molecule has 0 atom stereocenters. The fourth-order valence-electron chi connectivity index (χ4n) is 3.31. The number of hydrogen-bond acceptors (Lipinski definition) is 5. The molecule has 0 aliphatic carbocycles. The topological polar surface area (TPSA) is 79.0 Å². The summed E-state index contributed by atoms with van der Waals surface area (Å²) in [6.45, 7) is 3.50. The molecule has 10 heteroatoms. The Kier molecular flexibility index (Phi) is 7.58. The number of halogens is 2. The molecule has 1 aliphatic heterocycles. The lowest BCUT2D eigenvalue weighted by Crippen LogP contribution is -2.40. The van der Waals surface area contributed by atoms with Crippen LogP contribution in [0, 0.1) is 11.6 Å². The zero-order valence-corrected chi connectivity index (χ0v) is 18.0. The molecule has 168 valence electrons. The molecular formula is C21H25F2N3O4S. The number of nitrogens with one attached hydrogen (secondary N) is 1. The average molecular weight is 454 g/mol. The highest BCUT2D eigenvalue weighted by Crippen LogP contribution is 2.22. The Morgan fingerprint density at radius 2 is 1.84 bits per heavy atom. The molecule has 1 fully saturated rings. The third-order valence-corrected chi connectivity index (χ3v) is 5.98. The van der Waals surface area contributed by atoms with Crippen LogP contribution in [0.3, 0.4) is 0 Å². The van der Waals surface area contributed by atoms with Crippen molar-refractivity contribution < 1.29 is 26.7 Å². The first-order valence-corrected chi connectivity index (χ1v) is 11.6. The summed E-state index contributed by atoms with van der Waals surface area (Å²) >= 11 is 0. The van der Waals surface area contributed by atoms with Gasteiger partial charge in [-0.1, -0.05) is 24.3 Å². The van der Waals surface area contributed by atoms with Gasteiger partial charge in [0.05, 0.1) is 25.2 Å². The van der Waals surface area contributed by atoms with Crippen LogP contribution in [0.2, 0.25) is 0 Å². The van der Waals surface area contributed by atoms with Crippen molar-refractivity contribution in [2.24, 2.45) is 0 Å². The van der Waals surface area contributed by atoms with Gasteiger partial charge in [-0.15, -0.1) is 0 Å². The van der Waals surface area contributed by atoms with E-state index in [1.165, 1.54) is 0 Å². The number of amides is 1. The van der Waals surface area contributed by atoms with Crippen LogP contribution in [0.15, 0.2) is 42.5 Å². The van der Waals surface area contributed by atoms with Crippen molar-refractivity contribution in [1.82, 2.24) is 10.2 Å². The van der Waals surface area contributed by atoms with E-state index in [0.29, 0.717) is 23.6 Å². The molecule has 1 saturated heterocycles. The normalized spacial score (nSPS) is 14.9. The van der Waals surface area contributed by atoms with Gasteiger partial charge in [-0.3, -0.25) is 14.0 Å². The standard InChI is InChI=1S/C21H25F2N3O4S/c1-31(28,29)26(20-6-5-18(22)12-19(20)23)15-21(27)24-13-16-3-2-4-17(11-16)14-25-7-9-30-10-8-25/h2-6,11-12H,7-10,13-15H2,1H3,(H,24,27). The molecule has 0 radical (unpaired) electrons. The molecule has 7 nitrogen and oxygen atoms in total. The first-order valence-electron chi connectivity index (χ1n) is 9.80. The summed E-state index contributed by atoms with van der Waals surface area (Å²) in [5.41, 5.74) is 1.57. The number of rotatable bonds is 8. The highest BCUT2D eigenvalue weighted by Gasteiger charge is 2.24. The van der Waals surface area contributed by atoms with E-state index in [9.17, 15) is 22.0 Å². The van der Waals surface area contributed by atoms with Gasteiger partial charge in [0.25, 0.3) is 0 Å².